The SMILES string of the molecule is Cc1c(Cc2c(CN3CCC(OC(=O)c4ccccc4)CC3)nc3c(-c4cn(S(=O)(=O)N(C)C)cn4)cc(N4CCOCC4)nn23)cccc1C(F)(F)F. The van der Waals surface area contributed by atoms with Gasteiger partial charge in [-0.3, -0.25) is 4.90 Å². The molecule has 2 aliphatic heterocycles. The van der Waals surface area contributed by atoms with Crippen molar-refractivity contribution in [3.05, 3.63) is 101 Å². The van der Waals surface area contributed by atoms with E-state index in [1.54, 1.807) is 34.8 Å². The Kier molecular flexibility index (Phi) is 10.5. The number of esters is 1. The molecule has 0 bridgehead atoms. The summed E-state index contributed by atoms with van der Waals surface area (Å²) in [6, 6.07) is 14.8. The third-order valence-corrected chi connectivity index (χ3v) is 11.6. The molecule has 0 atom stereocenters. The van der Waals surface area contributed by atoms with Crippen LogP contribution in [-0.4, -0.2) is 107 Å². The Morgan fingerprint density at radius 1 is 1.02 bits per heavy atom. The van der Waals surface area contributed by atoms with Crippen LogP contribution in [-0.2, 0) is 38.8 Å². The monoisotopic (exact) mass is 766 g/mol. The van der Waals surface area contributed by atoms with Crippen LogP contribution in [0.3, 0.4) is 0 Å². The van der Waals surface area contributed by atoms with Crippen molar-refractivity contribution < 1.29 is 35.9 Å². The Bertz CT molecular complexity index is 2240. The molecule has 0 N–H and O–H groups in total. The van der Waals surface area contributed by atoms with Crippen molar-refractivity contribution in [2.24, 2.45) is 0 Å². The first-order valence-corrected chi connectivity index (χ1v) is 19.0. The highest BCUT2D eigenvalue weighted by Crippen LogP contribution is 2.35. The molecule has 0 aliphatic carbocycles. The number of fused-ring (bicyclic) bond motifs is 1. The van der Waals surface area contributed by atoms with Gasteiger partial charge in [0.2, 0.25) is 0 Å². The van der Waals surface area contributed by atoms with Crippen LogP contribution in [0.15, 0.2) is 67.1 Å². The van der Waals surface area contributed by atoms with E-state index < -0.39 is 21.9 Å². The fraction of sp³-hybridized carbons (Fsp3) is 0.405. The van der Waals surface area contributed by atoms with E-state index in [-0.39, 0.29) is 24.1 Å². The standard InChI is InChI=1S/C37H41F3N8O5S/c1-25-27(10-7-11-30(25)37(38,39)40)20-33-32(22-45-14-12-28(13-15-45)53-36(49)26-8-5-4-6-9-26)42-35-29(31-23-47(24-41-31)54(50,51)44(2)3)21-34(43-48(33)35)46-16-18-52-19-17-46/h4-11,21,23-24,28H,12-20,22H2,1-3H3. The molecule has 2 aliphatic rings. The minimum absolute atomic E-state index is 0.0971. The summed E-state index contributed by atoms with van der Waals surface area (Å²) in [4.78, 5) is 26.5. The lowest BCUT2D eigenvalue weighted by molar-refractivity contribution is -0.138. The number of carbonyl (C=O) groups is 1. The summed E-state index contributed by atoms with van der Waals surface area (Å²) in [5, 5.41) is 5.02. The number of ether oxygens (including phenoxy) is 2. The molecule has 286 valence electrons. The Balaban J connectivity index is 1.29. The van der Waals surface area contributed by atoms with Gasteiger partial charge in [-0.1, -0.05) is 30.3 Å². The molecule has 0 unspecified atom stereocenters. The fourth-order valence-electron chi connectivity index (χ4n) is 6.85. The molecule has 13 nitrogen and oxygen atoms in total. The summed E-state index contributed by atoms with van der Waals surface area (Å²) < 4.78 is 83.3. The van der Waals surface area contributed by atoms with Gasteiger partial charge in [-0.15, -0.1) is 5.10 Å². The Hall–Kier alpha value is -4.84. The van der Waals surface area contributed by atoms with Crippen molar-refractivity contribution in [1.29, 1.82) is 0 Å². The lowest BCUT2D eigenvalue weighted by Gasteiger charge is -2.31. The number of anilines is 1. The Labute approximate surface area is 311 Å². The predicted molar refractivity (Wildman–Crippen MR) is 194 cm³/mol. The van der Waals surface area contributed by atoms with E-state index in [0.717, 1.165) is 14.3 Å². The topological polar surface area (TPSA) is 127 Å². The van der Waals surface area contributed by atoms with Crippen molar-refractivity contribution >= 4 is 27.6 Å². The largest absolute Gasteiger partial charge is 0.459 e. The molecule has 0 amide bonds. The van der Waals surface area contributed by atoms with Gasteiger partial charge < -0.3 is 14.4 Å². The summed E-state index contributed by atoms with van der Waals surface area (Å²) in [7, 11) is -1.02. The number of rotatable bonds is 10. The molecule has 7 rings (SSSR count). The molecule has 2 fully saturated rings. The molecular weight excluding hydrogens is 726 g/mol. The summed E-state index contributed by atoms with van der Waals surface area (Å²) in [6.07, 6.45) is -0.869. The van der Waals surface area contributed by atoms with Crippen LogP contribution in [0.4, 0.5) is 19.0 Å². The summed E-state index contributed by atoms with van der Waals surface area (Å²) in [5.74, 6) is 0.196. The summed E-state index contributed by atoms with van der Waals surface area (Å²) in [5.41, 5.74) is 2.81. The van der Waals surface area contributed by atoms with Crippen LogP contribution >= 0.6 is 0 Å². The van der Waals surface area contributed by atoms with E-state index in [0.29, 0.717) is 104 Å². The minimum atomic E-state index is -4.53. The average Bonchev–Trinajstić information content (AvgIpc) is 3.79. The lowest BCUT2D eigenvalue weighted by Crippen LogP contribution is -2.37. The quantitative estimate of drug-likeness (QED) is 0.183. The van der Waals surface area contributed by atoms with Crippen LogP contribution in [0, 0.1) is 6.92 Å². The van der Waals surface area contributed by atoms with Gasteiger partial charge in [0, 0.05) is 59.4 Å². The van der Waals surface area contributed by atoms with E-state index in [2.05, 4.69) is 9.88 Å². The van der Waals surface area contributed by atoms with E-state index in [4.69, 9.17) is 19.6 Å². The number of benzene rings is 2. The number of morpholine rings is 1. The maximum atomic E-state index is 14.1. The molecule has 5 aromatic rings. The highest BCUT2D eigenvalue weighted by molar-refractivity contribution is 7.87. The molecule has 5 heterocycles. The number of hydrogen-bond acceptors (Lipinski definition) is 10. The van der Waals surface area contributed by atoms with Crippen molar-refractivity contribution in [3.63, 3.8) is 0 Å². The first kappa shape index (κ1) is 37.5. The van der Waals surface area contributed by atoms with Crippen molar-refractivity contribution in [1.82, 2.24) is 32.8 Å². The Morgan fingerprint density at radius 2 is 1.74 bits per heavy atom. The predicted octanol–water partition coefficient (Wildman–Crippen LogP) is 4.82. The number of imidazole rings is 2. The van der Waals surface area contributed by atoms with Crippen LogP contribution in [0.5, 0.6) is 0 Å². The first-order valence-electron chi connectivity index (χ1n) is 17.7. The van der Waals surface area contributed by atoms with Crippen molar-refractivity contribution in [2.75, 3.05) is 58.4 Å². The minimum Gasteiger partial charge on any atom is -0.459 e. The molecule has 0 saturated carbocycles. The maximum Gasteiger partial charge on any atom is 0.416 e. The molecule has 17 heteroatoms. The highest BCUT2D eigenvalue weighted by Gasteiger charge is 2.34. The van der Waals surface area contributed by atoms with Crippen molar-refractivity contribution in [2.45, 2.75) is 45.0 Å². The van der Waals surface area contributed by atoms with Gasteiger partial charge in [-0.25, -0.2) is 23.3 Å². The number of halogens is 3. The summed E-state index contributed by atoms with van der Waals surface area (Å²) >= 11 is 0. The number of likely N-dealkylation sites (tertiary alicyclic amines) is 1. The third-order valence-electron chi connectivity index (χ3n) is 9.95. The second kappa shape index (κ2) is 15.1. The highest BCUT2D eigenvalue weighted by atomic mass is 32.2. The average molecular weight is 767 g/mol. The third kappa shape index (κ3) is 7.71. The molecular formula is C37H41F3N8O5S. The molecule has 54 heavy (non-hydrogen) atoms. The zero-order chi connectivity index (χ0) is 38.2. The van der Waals surface area contributed by atoms with Crippen molar-refractivity contribution in [3.8, 4) is 11.3 Å². The van der Waals surface area contributed by atoms with E-state index in [1.165, 1.54) is 39.6 Å². The van der Waals surface area contributed by atoms with E-state index >= 15 is 0 Å². The molecule has 0 radical (unpaired) electrons. The van der Waals surface area contributed by atoms with Gasteiger partial charge in [-0.2, -0.15) is 25.9 Å². The van der Waals surface area contributed by atoms with Gasteiger partial charge in [-0.05, 0) is 55.2 Å². The Morgan fingerprint density at radius 3 is 2.43 bits per heavy atom. The van der Waals surface area contributed by atoms with Gasteiger partial charge in [0.05, 0.1) is 47.0 Å². The van der Waals surface area contributed by atoms with E-state index in [1.807, 2.05) is 17.0 Å². The first-order chi connectivity index (χ1) is 25.8. The van der Waals surface area contributed by atoms with Crippen LogP contribution in [0.2, 0.25) is 0 Å². The summed E-state index contributed by atoms with van der Waals surface area (Å²) in [6.45, 7) is 5.07. The molecule has 0 spiro atoms. The number of nitrogens with zero attached hydrogens (tertiary/aromatic N) is 8. The normalized spacial score (nSPS) is 16.4. The molecule has 3 aromatic heterocycles. The van der Waals surface area contributed by atoms with E-state index in [9.17, 15) is 26.4 Å². The van der Waals surface area contributed by atoms with Crippen LogP contribution < -0.4 is 4.90 Å². The van der Waals surface area contributed by atoms with Crippen LogP contribution in [0.1, 0.15) is 51.3 Å². The zero-order valence-corrected chi connectivity index (χ0v) is 31.0. The lowest BCUT2D eigenvalue weighted by atomic mass is 9.97. The van der Waals surface area contributed by atoms with Gasteiger partial charge in [0.15, 0.2) is 11.5 Å². The van der Waals surface area contributed by atoms with Gasteiger partial charge >= 0.3 is 22.4 Å². The van der Waals surface area contributed by atoms with Gasteiger partial charge in [0.1, 0.15) is 12.4 Å². The number of alkyl halides is 3. The second-order valence-electron chi connectivity index (χ2n) is 13.6. The zero-order valence-electron chi connectivity index (χ0n) is 30.2. The number of piperidine rings is 1. The molecule has 2 saturated heterocycles. The van der Waals surface area contributed by atoms with Crippen LogP contribution in [0.25, 0.3) is 16.9 Å². The smallest absolute Gasteiger partial charge is 0.416 e. The number of carbonyl (C=O) groups excluding carboxylic acids is 1. The molecule has 2 aromatic carbocycles. The van der Waals surface area contributed by atoms with Gasteiger partial charge in [0.25, 0.3) is 0 Å². The fourth-order valence-corrected chi connectivity index (χ4v) is 7.63. The number of hydrogen-bond donors (Lipinski definition) is 0. The number of aromatic nitrogens is 5. The second-order valence-corrected chi connectivity index (χ2v) is 15.7. The maximum absolute atomic E-state index is 14.1.